The van der Waals surface area contributed by atoms with Crippen LogP contribution in [0.25, 0.3) is 0 Å². The highest BCUT2D eigenvalue weighted by Gasteiger charge is 2.19. The summed E-state index contributed by atoms with van der Waals surface area (Å²) >= 11 is 0. The van der Waals surface area contributed by atoms with Crippen LogP contribution in [0.2, 0.25) is 0 Å². The summed E-state index contributed by atoms with van der Waals surface area (Å²) < 4.78 is 0. The van der Waals surface area contributed by atoms with Crippen LogP contribution in [0.1, 0.15) is 26.7 Å². The fourth-order valence-corrected chi connectivity index (χ4v) is 1.44. The molecular formula is C11H20N4O4. The van der Waals surface area contributed by atoms with Crippen molar-refractivity contribution in [2.24, 2.45) is 5.73 Å². The second-order valence-corrected chi connectivity index (χ2v) is 4.10. The van der Waals surface area contributed by atoms with E-state index in [2.05, 4.69) is 16.0 Å². The third-order valence-electron chi connectivity index (χ3n) is 2.16. The van der Waals surface area contributed by atoms with Gasteiger partial charge in [0.05, 0.1) is 12.7 Å². The quantitative estimate of drug-likeness (QED) is 0.300. The molecule has 19 heavy (non-hydrogen) atoms. The Morgan fingerprint density at radius 1 is 1.16 bits per heavy atom. The molecule has 0 fully saturated rings. The van der Waals surface area contributed by atoms with Crippen LogP contribution in [-0.4, -0.2) is 42.8 Å². The smallest absolute Gasteiger partial charge is 0.223 e. The van der Waals surface area contributed by atoms with E-state index in [4.69, 9.17) is 5.73 Å². The lowest BCUT2D eigenvalue weighted by atomic mass is 10.1. The van der Waals surface area contributed by atoms with Crippen LogP contribution in [0.3, 0.4) is 0 Å². The van der Waals surface area contributed by atoms with Gasteiger partial charge in [-0.1, -0.05) is 0 Å². The third kappa shape index (κ3) is 8.72. The number of aldehydes is 1. The number of hydrogen-bond donors (Lipinski definition) is 4. The molecule has 0 aliphatic heterocycles. The minimum atomic E-state index is -0.636. The summed E-state index contributed by atoms with van der Waals surface area (Å²) in [5.41, 5.74) is 5.15. The molecule has 0 aromatic heterocycles. The van der Waals surface area contributed by atoms with E-state index in [-0.39, 0.29) is 31.3 Å². The average Bonchev–Trinajstić information content (AvgIpc) is 2.27. The molecule has 108 valence electrons. The number of nitrogens with one attached hydrogen (secondary N) is 3. The number of carbonyl (C=O) groups is 4. The molecule has 8 nitrogen and oxygen atoms in total. The molecule has 0 bridgehead atoms. The Morgan fingerprint density at radius 2 is 1.74 bits per heavy atom. The maximum Gasteiger partial charge on any atom is 0.223 e. The minimum absolute atomic E-state index is 0.0139. The molecule has 0 saturated carbocycles. The lowest BCUT2D eigenvalue weighted by Gasteiger charge is -2.17. The molecule has 0 spiro atoms. The summed E-state index contributed by atoms with van der Waals surface area (Å²) in [5, 5.41) is 7.30. The SMILES string of the molecule is CC(=O)NC(CC(=O)NCN)CC(=O)NC(C)C=O. The van der Waals surface area contributed by atoms with Gasteiger partial charge in [0.2, 0.25) is 17.7 Å². The Labute approximate surface area is 111 Å². The molecule has 8 heteroatoms. The van der Waals surface area contributed by atoms with Gasteiger partial charge in [-0.25, -0.2) is 0 Å². The molecule has 0 rings (SSSR count). The molecule has 2 unspecified atom stereocenters. The van der Waals surface area contributed by atoms with Crippen LogP contribution < -0.4 is 21.7 Å². The van der Waals surface area contributed by atoms with Gasteiger partial charge in [-0.2, -0.15) is 0 Å². The highest BCUT2D eigenvalue weighted by molar-refractivity contribution is 5.83. The van der Waals surface area contributed by atoms with Gasteiger partial charge < -0.3 is 26.5 Å². The van der Waals surface area contributed by atoms with Crippen molar-refractivity contribution in [2.45, 2.75) is 38.8 Å². The number of nitrogens with two attached hydrogens (primary N) is 1. The van der Waals surface area contributed by atoms with E-state index in [1.54, 1.807) is 0 Å². The zero-order valence-electron chi connectivity index (χ0n) is 11.1. The number of rotatable bonds is 8. The largest absolute Gasteiger partial charge is 0.353 e. The first-order chi connectivity index (χ1) is 8.88. The van der Waals surface area contributed by atoms with Crippen LogP contribution in [0.4, 0.5) is 0 Å². The highest BCUT2D eigenvalue weighted by Crippen LogP contribution is 1.99. The summed E-state index contributed by atoms with van der Waals surface area (Å²) in [6, 6.07) is -1.24. The van der Waals surface area contributed by atoms with Gasteiger partial charge in [-0.15, -0.1) is 0 Å². The van der Waals surface area contributed by atoms with E-state index >= 15 is 0 Å². The Bertz CT molecular complexity index is 346. The highest BCUT2D eigenvalue weighted by atomic mass is 16.2. The van der Waals surface area contributed by atoms with E-state index in [0.717, 1.165) is 0 Å². The van der Waals surface area contributed by atoms with Gasteiger partial charge in [-0.05, 0) is 6.92 Å². The predicted octanol–water partition coefficient (Wildman–Crippen LogP) is -1.99. The van der Waals surface area contributed by atoms with Crippen LogP contribution >= 0.6 is 0 Å². The molecule has 0 aliphatic carbocycles. The van der Waals surface area contributed by atoms with Gasteiger partial charge in [0.1, 0.15) is 6.29 Å². The molecule has 0 saturated heterocycles. The van der Waals surface area contributed by atoms with Crippen molar-refractivity contribution in [3.8, 4) is 0 Å². The molecular weight excluding hydrogens is 252 g/mol. The van der Waals surface area contributed by atoms with E-state index in [1.165, 1.54) is 13.8 Å². The third-order valence-corrected chi connectivity index (χ3v) is 2.16. The zero-order valence-corrected chi connectivity index (χ0v) is 11.1. The zero-order chi connectivity index (χ0) is 14.8. The van der Waals surface area contributed by atoms with E-state index in [1.807, 2.05) is 0 Å². The van der Waals surface area contributed by atoms with Crippen molar-refractivity contribution < 1.29 is 19.2 Å². The normalized spacial score (nSPS) is 13.0. The Kier molecular flexibility index (Phi) is 8.10. The molecule has 0 heterocycles. The monoisotopic (exact) mass is 272 g/mol. The Balaban J connectivity index is 4.41. The maximum absolute atomic E-state index is 11.6. The van der Waals surface area contributed by atoms with Crippen molar-refractivity contribution in [1.82, 2.24) is 16.0 Å². The van der Waals surface area contributed by atoms with Gasteiger partial charge >= 0.3 is 0 Å². The van der Waals surface area contributed by atoms with E-state index < -0.39 is 18.0 Å². The van der Waals surface area contributed by atoms with Crippen LogP contribution in [0.5, 0.6) is 0 Å². The first-order valence-corrected chi connectivity index (χ1v) is 5.87. The first-order valence-electron chi connectivity index (χ1n) is 5.87. The lowest BCUT2D eigenvalue weighted by Crippen LogP contribution is -2.43. The topological polar surface area (TPSA) is 130 Å². The summed E-state index contributed by atoms with van der Waals surface area (Å²) in [6.07, 6.45) is 0.446. The molecule has 0 radical (unpaired) electrons. The second-order valence-electron chi connectivity index (χ2n) is 4.10. The summed E-state index contributed by atoms with van der Waals surface area (Å²) in [5.74, 6) is -1.13. The molecule has 0 aromatic carbocycles. The van der Waals surface area contributed by atoms with Crippen LogP contribution in [0, 0.1) is 0 Å². The fourth-order valence-electron chi connectivity index (χ4n) is 1.44. The summed E-state index contributed by atoms with van der Waals surface area (Å²) in [7, 11) is 0. The van der Waals surface area contributed by atoms with Crippen molar-refractivity contribution in [3.05, 3.63) is 0 Å². The number of carbonyl (C=O) groups excluding carboxylic acids is 4. The Hall–Kier alpha value is -1.96. The van der Waals surface area contributed by atoms with Gasteiger partial charge in [0, 0.05) is 25.8 Å². The van der Waals surface area contributed by atoms with E-state index in [0.29, 0.717) is 6.29 Å². The Morgan fingerprint density at radius 3 is 2.21 bits per heavy atom. The molecule has 3 amide bonds. The predicted molar refractivity (Wildman–Crippen MR) is 67.7 cm³/mol. The molecule has 2 atom stereocenters. The summed E-state index contributed by atoms with van der Waals surface area (Å²) in [6.45, 7) is 2.80. The second kappa shape index (κ2) is 9.03. The average molecular weight is 272 g/mol. The lowest BCUT2D eigenvalue weighted by molar-refractivity contribution is -0.126. The minimum Gasteiger partial charge on any atom is -0.353 e. The maximum atomic E-state index is 11.6. The standard InChI is InChI=1S/C11H20N4O4/c1-7(5-16)14-11(19)4-9(15-8(2)17)3-10(18)13-6-12/h5,7,9H,3-4,6,12H2,1-2H3,(H,13,18)(H,14,19)(H,15,17). The van der Waals surface area contributed by atoms with Crippen molar-refractivity contribution >= 4 is 24.0 Å². The first kappa shape index (κ1) is 17.0. The van der Waals surface area contributed by atoms with Crippen LogP contribution in [0.15, 0.2) is 0 Å². The fraction of sp³-hybridized carbons (Fsp3) is 0.636. The molecule has 0 aromatic rings. The van der Waals surface area contributed by atoms with Gasteiger partial charge in [-0.3, -0.25) is 14.4 Å². The molecule has 0 aliphatic rings. The van der Waals surface area contributed by atoms with Crippen molar-refractivity contribution in [3.63, 3.8) is 0 Å². The molecule has 5 N–H and O–H groups in total. The van der Waals surface area contributed by atoms with E-state index in [9.17, 15) is 19.2 Å². The summed E-state index contributed by atoms with van der Waals surface area (Å²) in [4.78, 5) is 44.3. The van der Waals surface area contributed by atoms with Gasteiger partial charge in [0.15, 0.2) is 0 Å². The van der Waals surface area contributed by atoms with Crippen LogP contribution in [-0.2, 0) is 19.2 Å². The van der Waals surface area contributed by atoms with Gasteiger partial charge in [0.25, 0.3) is 0 Å². The number of amides is 3. The van der Waals surface area contributed by atoms with Crippen molar-refractivity contribution in [2.75, 3.05) is 6.67 Å². The number of hydrogen-bond acceptors (Lipinski definition) is 5. The van der Waals surface area contributed by atoms with Crippen molar-refractivity contribution in [1.29, 1.82) is 0 Å².